The van der Waals surface area contributed by atoms with Crippen LogP contribution in [0.25, 0.3) is 0 Å². The van der Waals surface area contributed by atoms with Crippen LogP contribution in [0.2, 0.25) is 0 Å². The van der Waals surface area contributed by atoms with E-state index in [2.05, 4.69) is 12.2 Å². The number of rotatable bonds is 11. The van der Waals surface area contributed by atoms with Crippen molar-refractivity contribution in [3.05, 3.63) is 68.3 Å². The lowest BCUT2D eigenvalue weighted by Gasteiger charge is -2.09. The van der Waals surface area contributed by atoms with Gasteiger partial charge in [-0.2, -0.15) is 0 Å². The number of ether oxygens (including phenoxy) is 1. The van der Waals surface area contributed by atoms with Crippen molar-refractivity contribution in [2.45, 2.75) is 39.0 Å². The number of nitro groups is 2. The number of nitro benzene ring substituents is 2. The van der Waals surface area contributed by atoms with Gasteiger partial charge < -0.3 is 10.1 Å². The Morgan fingerprint density at radius 1 is 1.00 bits per heavy atom. The lowest BCUT2D eigenvalue weighted by Crippen LogP contribution is -2.14. The predicted octanol–water partition coefficient (Wildman–Crippen LogP) is 5.10. The smallest absolute Gasteiger partial charge is 0.289 e. The topological polar surface area (TPSA) is 125 Å². The second-order valence-electron chi connectivity index (χ2n) is 6.46. The monoisotopic (exact) mass is 401 g/mol. The van der Waals surface area contributed by atoms with E-state index < -0.39 is 27.1 Å². The minimum atomic E-state index is -0.819. The second kappa shape index (κ2) is 10.7. The van der Waals surface area contributed by atoms with E-state index in [1.165, 1.54) is 19.3 Å². The molecule has 0 radical (unpaired) electrons. The van der Waals surface area contributed by atoms with Crippen molar-refractivity contribution in [1.29, 1.82) is 0 Å². The van der Waals surface area contributed by atoms with E-state index in [1.54, 1.807) is 24.3 Å². The first kappa shape index (κ1) is 21.8. The Morgan fingerprint density at radius 3 is 2.45 bits per heavy atom. The largest absolute Gasteiger partial charge is 0.494 e. The summed E-state index contributed by atoms with van der Waals surface area (Å²) in [6.07, 6.45) is 5.58. The Labute approximate surface area is 168 Å². The molecule has 0 aliphatic rings. The molecule has 9 nitrogen and oxygen atoms in total. The van der Waals surface area contributed by atoms with Crippen LogP contribution in [0.3, 0.4) is 0 Å². The number of nitrogens with zero attached hydrogens (tertiary/aromatic N) is 2. The van der Waals surface area contributed by atoms with Gasteiger partial charge in [0.25, 0.3) is 17.3 Å². The molecule has 154 valence electrons. The summed E-state index contributed by atoms with van der Waals surface area (Å²) in [4.78, 5) is 32.9. The molecular formula is C20H23N3O6. The predicted molar refractivity (Wildman–Crippen MR) is 108 cm³/mol. The summed E-state index contributed by atoms with van der Waals surface area (Å²) in [5.41, 5.74) is -0.937. The summed E-state index contributed by atoms with van der Waals surface area (Å²) >= 11 is 0. The molecule has 0 spiro atoms. The fraction of sp³-hybridized carbons (Fsp3) is 0.350. The third-order valence-corrected chi connectivity index (χ3v) is 4.24. The maximum Gasteiger partial charge on any atom is 0.289 e. The molecule has 0 saturated heterocycles. The fourth-order valence-corrected chi connectivity index (χ4v) is 2.73. The summed E-state index contributed by atoms with van der Waals surface area (Å²) in [7, 11) is 0. The molecule has 0 aromatic heterocycles. The van der Waals surface area contributed by atoms with Crippen LogP contribution in [0.15, 0.2) is 42.5 Å². The number of hydrogen-bond acceptors (Lipinski definition) is 6. The molecule has 0 atom stereocenters. The fourth-order valence-electron chi connectivity index (χ4n) is 2.73. The normalized spacial score (nSPS) is 10.4. The minimum absolute atomic E-state index is 0.261. The number of amides is 1. The first-order valence-electron chi connectivity index (χ1n) is 9.39. The van der Waals surface area contributed by atoms with Gasteiger partial charge in [0, 0.05) is 17.8 Å². The highest BCUT2D eigenvalue weighted by Gasteiger charge is 2.24. The summed E-state index contributed by atoms with van der Waals surface area (Å²) in [6, 6.07) is 9.61. The molecule has 0 fully saturated rings. The number of nitrogens with one attached hydrogen (secondary N) is 1. The van der Waals surface area contributed by atoms with Gasteiger partial charge in [-0.05, 0) is 24.6 Å². The number of anilines is 1. The van der Waals surface area contributed by atoms with Crippen molar-refractivity contribution in [3.63, 3.8) is 0 Å². The van der Waals surface area contributed by atoms with Crippen molar-refractivity contribution >= 4 is 23.0 Å². The summed E-state index contributed by atoms with van der Waals surface area (Å²) < 4.78 is 5.68. The van der Waals surface area contributed by atoms with Crippen molar-refractivity contribution in [2.75, 3.05) is 11.9 Å². The summed E-state index contributed by atoms with van der Waals surface area (Å²) in [5, 5.41) is 24.6. The lowest BCUT2D eigenvalue weighted by atomic mass is 10.1. The average molecular weight is 401 g/mol. The molecule has 0 heterocycles. The molecule has 0 aliphatic carbocycles. The van der Waals surface area contributed by atoms with Crippen LogP contribution in [0.1, 0.15) is 49.4 Å². The molecule has 1 N–H and O–H groups in total. The highest BCUT2D eigenvalue weighted by molar-refractivity contribution is 6.07. The zero-order chi connectivity index (χ0) is 21.2. The lowest BCUT2D eigenvalue weighted by molar-refractivity contribution is -0.394. The maximum atomic E-state index is 12.5. The Kier molecular flexibility index (Phi) is 8.08. The molecule has 1 amide bonds. The van der Waals surface area contributed by atoms with E-state index in [9.17, 15) is 25.0 Å². The summed E-state index contributed by atoms with van der Waals surface area (Å²) in [5.74, 6) is -0.153. The van der Waals surface area contributed by atoms with Crippen molar-refractivity contribution in [3.8, 4) is 5.75 Å². The van der Waals surface area contributed by atoms with Crippen LogP contribution in [0.4, 0.5) is 17.1 Å². The van der Waals surface area contributed by atoms with E-state index in [-0.39, 0.29) is 5.56 Å². The van der Waals surface area contributed by atoms with Gasteiger partial charge >= 0.3 is 0 Å². The van der Waals surface area contributed by atoms with Crippen molar-refractivity contribution in [2.24, 2.45) is 0 Å². The van der Waals surface area contributed by atoms with Crippen LogP contribution in [0.5, 0.6) is 5.75 Å². The van der Waals surface area contributed by atoms with Gasteiger partial charge in [-0.15, -0.1) is 0 Å². The van der Waals surface area contributed by atoms with E-state index in [1.807, 2.05) is 0 Å². The molecular weight excluding hydrogens is 378 g/mol. The van der Waals surface area contributed by atoms with Gasteiger partial charge in [-0.3, -0.25) is 25.0 Å². The van der Waals surface area contributed by atoms with Crippen LogP contribution in [0, 0.1) is 20.2 Å². The number of non-ortho nitro benzene ring substituents is 1. The molecule has 2 aromatic rings. The van der Waals surface area contributed by atoms with E-state index in [0.29, 0.717) is 18.0 Å². The van der Waals surface area contributed by atoms with Crippen molar-refractivity contribution in [1.82, 2.24) is 0 Å². The van der Waals surface area contributed by atoms with E-state index >= 15 is 0 Å². The molecule has 2 aromatic carbocycles. The van der Waals surface area contributed by atoms with Gasteiger partial charge in [0.1, 0.15) is 11.3 Å². The van der Waals surface area contributed by atoms with Gasteiger partial charge in [-0.25, -0.2) is 0 Å². The molecule has 0 unspecified atom stereocenters. The minimum Gasteiger partial charge on any atom is -0.494 e. The molecule has 0 aliphatic heterocycles. The number of benzene rings is 2. The Morgan fingerprint density at radius 2 is 1.76 bits per heavy atom. The number of carbonyl (C=O) groups is 1. The molecule has 29 heavy (non-hydrogen) atoms. The molecule has 0 saturated carbocycles. The maximum absolute atomic E-state index is 12.5. The molecule has 0 bridgehead atoms. The zero-order valence-corrected chi connectivity index (χ0v) is 16.1. The highest BCUT2D eigenvalue weighted by Crippen LogP contribution is 2.26. The SMILES string of the molecule is CCCCCCCOc1cccc(NC(=O)c2ccc([N+](=O)[O-])cc2[N+](=O)[O-])c1. The first-order chi connectivity index (χ1) is 13.9. The zero-order valence-electron chi connectivity index (χ0n) is 16.1. The first-order valence-corrected chi connectivity index (χ1v) is 9.39. The third-order valence-electron chi connectivity index (χ3n) is 4.24. The van der Waals surface area contributed by atoms with Gasteiger partial charge in [0.15, 0.2) is 0 Å². The summed E-state index contributed by atoms with van der Waals surface area (Å²) in [6.45, 7) is 2.72. The second-order valence-corrected chi connectivity index (χ2v) is 6.46. The van der Waals surface area contributed by atoms with Crippen LogP contribution < -0.4 is 10.1 Å². The van der Waals surface area contributed by atoms with Crippen molar-refractivity contribution < 1.29 is 19.4 Å². The average Bonchev–Trinajstić information content (AvgIpc) is 2.70. The van der Waals surface area contributed by atoms with Gasteiger partial charge in [-0.1, -0.05) is 38.7 Å². The quantitative estimate of drug-likeness (QED) is 0.317. The number of unbranched alkanes of at least 4 members (excludes halogenated alkanes) is 4. The Balaban J connectivity index is 2.04. The van der Waals surface area contributed by atoms with E-state index in [0.717, 1.165) is 31.0 Å². The molecule has 2 rings (SSSR count). The van der Waals surface area contributed by atoms with Crippen LogP contribution in [-0.4, -0.2) is 22.4 Å². The van der Waals surface area contributed by atoms with E-state index in [4.69, 9.17) is 4.74 Å². The number of hydrogen-bond donors (Lipinski definition) is 1. The van der Waals surface area contributed by atoms with Crippen LogP contribution in [-0.2, 0) is 0 Å². The molecule has 9 heteroatoms. The Bertz CT molecular complexity index is 884. The Hall–Kier alpha value is -3.49. The highest BCUT2D eigenvalue weighted by atomic mass is 16.6. The standard InChI is InChI=1S/C20H23N3O6/c1-2-3-4-5-6-12-29-17-9-7-8-15(13-17)21-20(24)18-11-10-16(22(25)26)14-19(18)23(27)28/h7-11,13-14H,2-6,12H2,1H3,(H,21,24). The van der Waals surface area contributed by atoms with Gasteiger partial charge in [0.05, 0.1) is 22.5 Å². The van der Waals surface area contributed by atoms with Crippen LogP contribution >= 0.6 is 0 Å². The van der Waals surface area contributed by atoms with Gasteiger partial charge in [0.2, 0.25) is 0 Å². The third kappa shape index (κ3) is 6.56. The number of carbonyl (C=O) groups excluding carboxylic acids is 1.